The smallest absolute Gasteiger partial charge is 0.410 e. The summed E-state index contributed by atoms with van der Waals surface area (Å²) in [5, 5.41) is 6.65. The minimum atomic E-state index is -0.501. The van der Waals surface area contributed by atoms with Crippen molar-refractivity contribution in [2.45, 2.75) is 46.0 Å². The molecule has 0 saturated carbocycles. The van der Waals surface area contributed by atoms with Gasteiger partial charge in [0.2, 0.25) is 0 Å². The van der Waals surface area contributed by atoms with Crippen LogP contribution >= 0.6 is 0 Å². The summed E-state index contributed by atoms with van der Waals surface area (Å²) in [6.07, 6.45) is 1.48. The number of guanidine groups is 1. The SMILES string of the molecule is CN=C(NCc1ccc(CN(C)C(=O)OC(C)(C)C)cc1)NCc1ccnc(N(C)C)c1. The van der Waals surface area contributed by atoms with Crippen molar-refractivity contribution in [2.75, 3.05) is 33.1 Å². The van der Waals surface area contributed by atoms with E-state index in [9.17, 15) is 4.79 Å². The van der Waals surface area contributed by atoms with Gasteiger partial charge in [0.15, 0.2) is 5.96 Å². The Kier molecular flexibility index (Phi) is 8.87. The monoisotopic (exact) mass is 440 g/mol. The van der Waals surface area contributed by atoms with Gasteiger partial charge in [0.25, 0.3) is 0 Å². The van der Waals surface area contributed by atoms with Crippen LogP contribution in [0, 0.1) is 0 Å². The predicted molar refractivity (Wildman–Crippen MR) is 130 cm³/mol. The number of hydrogen-bond acceptors (Lipinski definition) is 5. The van der Waals surface area contributed by atoms with Crippen LogP contribution in [0.3, 0.4) is 0 Å². The van der Waals surface area contributed by atoms with Crippen LogP contribution in [-0.4, -0.2) is 55.7 Å². The van der Waals surface area contributed by atoms with Crippen LogP contribution in [0.2, 0.25) is 0 Å². The fourth-order valence-corrected chi connectivity index (χ4v) is 2.85. The molecule has 0 saturated heterocycles. The van der Waals surface area contributed by atoms with E-state index in [4.69, 9.17) is 4.74 Å². The Morgan fingerprint density at radius 3 is 2.16 bits per heavy atom. The Morgan fingerprint density at radius 2 is 1.59 bits per heavy atom. The molecule has 174 valence electrons. The minimum Gasteiger partial charge on any atom is -0.444 e. The highest BCUT2D eigenvalue weighted by Gasteiger charge is 2.19. The zero-order valence-corrected chi connectivity index (χ0v) is 20.3. The molecule has 1 heterocycles. The molecule has 0 aliphatic rings. The van der Waals surface area contributed by atoms with E-state index in [1.165, 1.54) is 0 Å². The molecule has 0 bridgehead atoms. The van der Waals surface area contributed by atoms with Crippen molar-refractivity contribution < 1.29 is 9.53 Å². The molecular weight excluding hydrogens is 404 g/mol. The van der Waals surface area contributed by atoms with E-state index in [-0.39, 0.29) is 6.09 Å². The Morgan fingerprint density at radius 1 is 1.00 bits per heavy atom. The average Bonchev–Trinajstić information content (AvgIpc) is 2.74. The molecule has 2 N–H and O–H groups in total. The van der Waals surface area contributed by atoms with Gasteiger partial charge in [0.05, 0.1) is 0 Å². The zero-order chi connectivity index (χ0) is 23.7. The highest BCUT2D eigenvalue weighted by molar-refractivity contribution is 5.79. The summed E-state index contributed by atoms with van der Waals surface area (Å²) in [5.41, 5.74) is 2.79. The lowest BCUT2D eigenvalue weighted by molar-refractivity contribution is 0.0285. The van der Waals surface area contributed by atoms with Gasteiger partial charge in [-0.3, -0.25) is 4.99 Å². The standard InChI is InChI=1S/C24H36N6O2/c1-24(2,3)32-23(31)30(7)17-19-10-8-18(9-11-19)15-27-22(25-4)28-16-20-12-13-26-21(14-20)29(5)6/h8-14H,15-17H2,1-7H3,(H2,25,27,28). The van der Waals surface area contributed by atoms with Crippen molar-refractivity contribution >= 4 is 17.9 Å². The lowest BCUT2D eigenvalue weighted by Gasteiger charge is -2.24. The second-order valence-electron chi connectivity index (χ2n) is 8.85. The summed E-state index contributed by atoms with van der Waals surface area (Å²) in [7, 11) is 7.44. The number of benzene rings is 1. The van der Waals surface area contributed by atoms with Gasteiger partial charge in [-0.15, -0.1) is 0 Å². The quantitative estimate of drug-likeness (QED) is 0.507. The van der Waals surface area contributed by atoms with Crippen molar-refractivity contribution in [3.05, 3.63) is 59.3 Å². The lowest BCUT2D eigenvalue weighted by Crippen LogP contribution is -2.36. The zero-order valence-electron chi connectivity index (χ0n) is 20.3. The van der Waals surface area contributed by atoms with Crippen molar-refractivity contribution in [1.82, 2.24) is 20.5 Å². The van der Waals surface area contributed by atoms with Crippen LogP contribution in [0.25, 0.3) is 0 Å². The third-order valence-electron chi connectivity index (χ3n) is 4.56. The number of carbonyl (C=O) groups excluding carboxylic acids is 1. The van der Waals surface area contributed by atoms with Crippen molar-refractivity contribution in [1.29, 1.82) is 0 Å². The molecule has 0 radical (unpaired) electrons. The molecule has 8 heteroatoms. The number of rotatable bonds is 7. The first-order valence-electron chi connectivity index (χ1n) is 10.7. The van der Waals surface area contributed by atoms with E-state index in [0.717, 1.165) is 28.5 Å². The van der Waals surface area contributed by atoms with E-state index in [1.807, 2.05) is 82.4 Å². The number of ether oxygens (including phenoxy) is 1. The fraction of sp³-hybridized carbons (Fsp3) is 0.458. The molecule has 0 atom stereocenters. The Hall–Kier alpha value is -3.29. The number of anilines is 1. The van der Waals surface area contributed by atoms with Gasteiger partial charge in [-0.2, -0.15) is 0 Å². The summed E-state index contributed by atoms with van der Waals surface area (Å²) in [6, 6.07) is 12.2. The van der Waals surface area contributed by atoms with Crippen molar-refractivity contribution in [2.24, 2.45) is 4.99 Å². The molecule has 1 aromatic carbocycles. The van der Waals surface area contributed by atoms with Crippen LogP contribution in [0.15, 0.2) is 47.6 Å². The Bertz CT molecular complexity index is 903. The second kappa shape index (κ2) is 11.4. The third kappa shape index (κ3) is 8.45. The Balaban J connectivity index is 1.84. The van der Waals surface area contributed by atoms with Crippen LogP contribution in [-0.2, 0) is 24.4 Å². The number of pyridine rings is 1. The number of nitrogens with one attached hydrogen (secondary N) is 2. The molecule has 1 amide bonds. The first-order chi connectivity index (χ1) is 15.1. The van der Waals surface area contributed by atoms with Crippen LogP contribution in [0.5, 0.6) is 0 Å². The molecule has 1 aromatic heterocycles. The molecule has 0 fully saturated rings. The largest absolute Gasteiger partial charge is 0.444 e. The van der Waals surface area contributed by atoms with E-state index >= 15 is 0 Å². The minimum absolute atomic E-state index is 0.329. The van der Waals surface area contributed by atoms with Crippen LogP contribution in [0.1, 0.15) is 37.5 Å². The lowest BCUT2D eigenvalue weighted by atomic mass is 10.1. The number of carbonyl (C=O) groups is 1. The maximum Gasteiger partial charge on any atom is 0.410 e. The highest BCUT2D eigenvalue weighted by atomic mass is 16.6. The van der Waals surface area contributed by atoms with Gasteiger partial charge < -0.3 is 25.2 Å². The summed E-state index contributed by atoms with van der Waals surface area (Å²) >= 11 is 0. The second-order valence-corrected chi connectivity index (χ2v) is 8.85. The molecule has 0 aliphatic carbocycles. The van der Waals surface area contributed by atoms with Crippen molar-refractivity contribution in [3.8, 4) is 0 Å². The van der Waals surface area contributed by atoms with Gasteiger partial charge in [0, 0.05) is 54.0 Å². The molecule has 8 nitrogen and oxygen atoms in total. The summed E-state index contributed by atoms with van der Waals surface area (Å²) < 4.78 is 5.40. The maximum atomic E-state index is 12.1. The van der Waals surface area contributed by atoms with E-state index in [0.29, 0.717) is 19.6 Å². The van der Waals surface area contributed by atoms with Gasteiger partial charge in [-0.05, 0) is 49.6 Å². The first-order valence-corrected chi connectivity index (χ1v) is 10.7. The van der Waals surface area contributed by atoms with Crippen molar-refractivity contribution in [3.63, 3.8) is 0 Å². The molecule has 32 heavy (non-hydrogen) atoms. The van der Waals surface area contributed by atoms with Crippen LogP contribution in [0.4, 0.5) is 10.6 Å². The molecular formula is C24H36N6O2. The van der Waals surface area contributed by atoms with E-state index in [1.54, 1.807) is 19.0 Å². The molecule has 0 aliphatic heterocycles. The van der Waals surface area contributed by atoms with Gasteiger partial charge in [-0.25, -0.2) is 9.78 Å². The topological polar surface area (TPSA) is 82.1 Å². The number of amides is 1. The first kappa shape index (κ1) is 25.0. The number of aromatic nitrogens is 1. The Labute approximate surface area is 191 Å². The predicted octanol–water partition coefficient (Wildman–Crippen LogP) is 3.38. The average molecular weight is 441 g/mol. The summed E-state index contributed by atoms with van der Waals surface area (Å²) in [5.74, 6) is 1.65. The molecule has 0 unspecified atom stereocenters. The normalized spacial score (nSPS) is 11.7. The van der Waals surface area contributed by atoms with Gasteiger partial charge in [-0.1, -0.05) is 24.3 Å². The van der Waals surface area contributed by atoms with Gasteiger partial charge >= 0.3 is 6.09 Å². The molecule has 2 rings (SSSR count). The highest BCUT2D eigenvalue weighted by Crippen LogP contribution is 2.12. The summed E-state index contributed by atoms with van der Waals surface area (Å²) in [6.45, 7) is 7.37. The molecule has 2 aromatic rings. The van der Waals surface area contributed by atoms with E-state index in [2.05, 4.69) is 20.6 Å². The molecule has 0 spiro atoms. The van der Waals surface area contributed by atoms with Crippen LogP contribution < -0.4 is 15.5 Å². The fourth-order valence-electron chi connectivity index (χ4n) is 2.85. The number of hydrogen-bond donors (Lipinski definition) is 2. The van der Waals surface area contributed by atoms with Gasteiger partial charge in [0.1, 0.15) is 11.4 Å². The number of nitrogens with zero attached hydrogens (tertiary/aromatic N) is 4. The summed E-state index contributed by atoms with van der Waals surface area (Å²) in [4.78, 5) is 24.3. The number of aliphatic imine (C=N–C) groups is 1. The van der Waals surface area contributed by atoms with E-state index < -0.39 is 5.60 Å². The maximum absolute atomic E-state index is 12.1. The third-order valence-corrected chi connectivity index (χ3v) is 4.56.